The van der Waals surface area contributed by atoms with E-state index < -0.39 is 0 Å². The van der Waals surface area contributed by atoms with E-state index in [0.717, 1.165) is 66.1 Å². The van der Waals surface area contributed by atoms with Gasteiger partial charge in [0.2, 0.25) is 0 Å². The van der Waals surface area contributed by atoms with Crippen molar-refractivity contribution < 1.29 is 0 Å². The molecule has 4 N–H and O–H groups in total. The quantitative estimate of drug-likeness (QED) is 0.620. The number of anilines is 3. The minimum absolute atomic E-state index is 0.375. The first-order valence-corrected chi connectivity index (χ1v) is 10.3. The number of aromatic amines is 1. The molecule has 1 saturated heterocycles. The van der Waals surface area contributed by atoms with E-state index in [1.54, 1.807) is 0 Å². The molecule has 0 bridgehead atoms. The van der Waals surface area contributed by atoms with E-state index >= 15 is 0 Å². The van der Waals surface area contributed by atoms with Crippen molar-refractivity contribution in [3.8, 4) is 0 Å². The second-order valence-electron chi connectivity index (χ2n) is 7.12. The number of benzene rings is 1. The number of piperidine rings is 1. The maximum atomic E-state index is 6.41. The van der Waals surface area contributed by atoms with Gasteiger partial charge in [0.15, 0.2) is 5.82 Å². The molecule has 0 spiro atoms. The van der Waals surface area contributed by atoms with Crippen LogP contribution < -0.4 is 16.0 Å². The molecule has 0 aliphatic carbocycles. The summed E-state index contributed by atoms with van der Waals surface area (Å²) in [5.74, 6) is 0.943. The third kappa shape index (κ3) is 4.21. The minimum atomic E-state index is 0.375. The molecule has 1 atom stereocenters. The summed E-state index contributed by atoms with van der Waals surface area (Å²) >= 11 is 0. The van der Waals surface area contributed by atoms with Crippen LogP contribution in [0, 0.1) is 6.92 Å². The Bertz CT molecular complexity index is 917. The fraction of sp³-hybridized carbons (Fsp3) is 0.455. The average Bonchev–Trinajstić information content (AvgIpc) is 3.19. The van der Waals surface area contributed by atoms with Gasteiger partial charge >= 0.3 is 0 Å². The molecule has 0 radical (unpaired) electrons. The highest BCUT2D eigenvalue weighted by atomic mass is 15.2. The molecule has 3 heterocycles. The number of nitrogens with one attached hydrogen (secondary N) is 2. The van der Waals surface area contributed by atoms with Crippen LogP contribution >= 0.6 is 0 Å². The largest absolute Gasteiger partial charge is 0.396 e. The number of nitrogens with zero attached hydrogens (tertiary/aromatic N) is 3. The third-order valence-electron chi connectivity index (χ3n) is 5.17. The number of aryl methyl sites for hydroxylation is 2. The fourth-order valence-electron chi connectivity index (χ4n) is 3.82. The highest BCUT2D eigenvalue weighted by Crippen LogP contribution is 2.29. The Labute approximate surface area is 167 Å². The van der Waals surface area contributed by atoms with Crippen LogP contribution in [0.25, 0.3) is 10.9 Å². The molecule has 1 fully saturated rings. The Morgan fingerprint density at radius 2 is 2.11 bits per heavy atom. The summed E-state index contributed by atoms with van der Waals surface area (Å²) < 4.78 is 0. The Morgan fingerprint density at radius 3 is 2.89 bits per heavy atom. The first kappa shape index (κ1) is 20.0. The predicted octanol–water partition coefficient (Wildman–Crippen LogP) is 4.52. The number of rotatable bonds is 4. The number of fused-ring (bicyclic) bond motifs is 1. The summed E-state index contributed by atoms with van der Waals surface area (Å²) in [5, 5.41) is 11.9. The maximum Gasteiger partial charge on any atom is 0.152 e. The number of aromatic nitrogens is 3. The average molecular weight is 381 g/mol. The van der Waals surface area contributed by atoms with E-state index in [9.17, 15) is 0 Å². The maximum absolute atomic E-state index is 6.41. The topological polar surface area (TPSA) is 82.9 Å². The zero-order valence-electron chi connectivity index (χ0n) is 17.4. The van der Waals surface area contributed by atoms with Gasteiger partial charge in [-0.25, -0.2) is 4.98 Å². The summed E-state index contributed by atoms with van der Waals surface area (Å²) in [7, 11) is 0. The van der Waals surface area contributed by atoms with Gasteiger partial charge in [-0.05, 0) is 56.0 Å². The molecular formula is C22H32N6. The lowest BCUT2D eigenvalue weighted by atomic mass is 10.0. The second kappa shape index (κ2) is 8.95. The van der Waals surface area contributed by atoms with Crippen LogP contribution in [-0.2, 0) is 6.42 Å². The van der Waals surface area contributed by atoms with Gasteiger partial charge in [-0.2, -0.15) is 5.10 Å². The molecule has 4 rings (SSSR count). The van der Waals surface area contributed by atoms with E-state index in [0.29, 0.717) is 6.04 Å². The highest BCUT2D eigenvalue weighted by Gasteiger charge is 2.23. The molecule has 1 aliphatic heterocycles. The van der Waals surface area contributed by atoms with Crippen LogP contribution in [0.4, 0.5) is 17.2 Å². The Morgan fingerprint density at radius 1 is 1.29 bits per heavy atom. The standard InChI is InChI=1S/C20H26N6.C2H6/c1-3-14-9-13(2)23-20(19(14)21)26-8-4-5-17(12-26)24-16-6-7-18-15(10-16)11-22-25-18;1-2/h6-7,9-11,17,24H,3-5,8,12,21H2,1-2H3,(H,22,25);1-2H3. The third-order valence-corrected chi connectivity index (χ3v) is 5.17. The number of H-pyrrole nitrogens is 1. The number of nitrogens with two attached hydrogens (primary N) is 1. The Balaban J connectivity index is 0.00000109. The van der Waals surface area contributed by atoms with E-state index in [2.05, 4.69) is 51.6 Å². The number of hydrogen-bond donors (Lipinski definition) is 3. The number of nitrogen functional groups attached to an aromatic ring is 1. The first-order valence-electron chi connectivity index (χ1n) is 10.3. The van der Waals surface area contributed by atoms with Crippen LogP contribution in [0.5, 0.6) is 0 Å². The molecule has 3 aromatic rings. The summed E-state index contributed by atoms with van der Waals surface area (Å²) in [6.45, 7) is 10.1. The molecule has 1 aliphatic rings. The van der Waals surface area contributed by atoms with Gasteiger partial charge in [0, 0.05) is 35.9 Å². The van der Waals surface area contributed by atoms with Crippen LogP contribution in [-0.4, -0.2) is 34.3 Å². The lowest BCUT2D eigenvalue weighted by Crippen LogP contribution is -2.43. The Hall–Kier alpha value is -2.76. The normalized spacial score (nSPS) is 16.6. The van der Waals surface area contributed by atoms with Gasteiger partial charge in [0.1, 0.15) is 0 Å². The fourth-order valence-corrected chi connectivity index (χ4v) is 3.82. The zero-order chi connectivity index (χ0) is 20.1. The molecule has 28 heavy (non-hydrogen) atoms. The predicted molar refractivity (Wildman–Crippen MR) is 119 cm³/mol. The van der Waals surface area contributed by atoms with Crippen LogP contribution in [0.3, 0.4) is 0 Å². The SMILES string of the molecule is CC.CCc1cc(C)nc(N2CCCC(Nc3ccc4[nH]ncc4c3)C2)c1N. The van der Waals surface area contributed by atoms with Crippen molar-refractivity contribution >= 4 is 28.1 Å². The van der Waals surface area contributed by atoms with E-state index in [-0.39, 0.29) is 0 Å². The smallest absolute Gasteiger partial charge is 0.152 e. The van der Waals surface area contributed by atoms with Gasteiger partial charge in [-0.15, -0.1) is 0 Å². The summed E-state index contributed by atoms with van der Waals surface area (Å²) in [4.78, 5) is 7.07. The number of pyridine rings is 1. The van der Waals surface area contributed by atoms with E-state index in [1.165, 1.54) is 5.56 Å². The highest BCUT2D eigenvalue weighted by molar-refractivity contribution is 5.81. The van der Waals surface area contributed by atoms with Crippen molar-refractivity contribution in [2.75, 3.05) is 29.0 Å². The van der Waals surface area contributed by atoms with Gasteiger partial charge in [-0.1, -0.05) is 20.8 Å². The van der Waals surface area contributed by atoms with Crippen LogP contribution in [0.1, 0.15) is 44.9 Å². The van der Waals surface area contributed by atoms with Gasteiger partial charge in [0.25, 0.3) is 0 Å². The van der Waals surface area contributed by atoms with Crippen molar-refractivity contribution in [1.29, 1.82) is 0 Å². The van der Waals surface area contributed by atoms with Crippen molar-refractivity contribution in [3.05, 3.63) is 41.7 Å². The molecule has 1 aromatic carbocycles. The summed E-state index contributed by atoms with van der Waals surface area (Å²) in [6.07, 6.45) is 5.06. The molecule has 6 nitrogen and oxygen atoms in total. The van der Waals surface area contributed by atoms with Gasteiger partial charge in [0.05, 0.1) is 17.4 Å². The lowest BCUT2D eigenvalue weighted by Gasteiger charge is -2.35. The summed E-state index contributed by atoms with van der Waals surface area (Å²) in [5.41, 5.74) is 11.7. The number of hydrogen-bond acceptors (Lipinski definition) is 5. The minimum Gasteiger partial charge on any atom is -0.396 e. The van der Waals surface area contributed by atoms with E-state index in [4.69, 9.17) is 10.7 Å². The second-order valence-corrected chi connectivity index (χ2v) is 7.12. The Kier molecular flexibility index (Phi) is 6.39. The van der Waals surface area contributed by atoms with Crippen molar-refractivity contribution in [2.45, 2.75) is 53.0 Å². The van der Waals surface area contributed by atoms with E-state index in [1.807, 2.05) is 27.0 Å². The van der Waals surface area contributed by atoms with Crippen molar-refractivity contribution in [1.82, 2.24) is 15.2 Å². The molecule has 1 unspecified atom stereocenters. The van der Waals surface area contributed by atoms with Gasteiger partial charge in [-0.3, -0.25) is 5.10 Å². The molecular weight excluding hydrogens is 348 g/mol. The van der Waals surface area contributed by atoms with Crippen molar-refractivity contribution in [3.63, 3.8) is 0 Å². The van der Waals surface area contributed by atoms with Crippen molar-refractivity contribution in [2.24, 2.45) is 0 Å². The van der Waals surface area contributed by atoms with Gasteiger partial charge < -0.3 is 16.0 Å². The molecule has 2 aromatic heterocycles. The van der Waals surface area contributed by atoms with Crippen LogP contribution in [0.15, 0.2) is 30.5 Å². The lowest BCUT2D eigenvalue weighted by molar-refractivity contribution is 0.527. The molecule has 0 amide bonds. The molecule has 0 saturated carbocycles. The molecule has 6 heteroatoms. The molecule has 150 valence electrons. The zero-order valence-corrected chi connectivity index (χ0v) is 17.4. The van der Waals surface area contributed by atoms with Crippen LogP contribution in [0.2, 0.25) is 0 Å². The monoisotopic (exact) mass is 380 g/mol. The summed E-state index contributed by atoms with van der Waals surface area (Å²) in [6, 6.07) is 8.79. The first-order chi connectivity index (χ1) is 13.6.